The van der Waals surface area contributed by atoms with Crippen molar-refractivity contribution in [1.29, 1.82) is 0 Å². The number of halogens is 3. The summed E-state index contributed by atoms with van der Waals surface area (Å²) in [6.45, 7) is 0.661. The van der Waals surface area contributed by atoms with Crippen LogP contribution in [0, 0.1) is 0 Å². The van der Waals surface area contributed by atoms with E-state index in [1.807, 2.05) is 42.5 Å². The van der Waals surface area contributed by atoms with Crippen molar-refractivity contribution < 1.29 is 32.7 Å². The van der Waals surface area contributed by atoms with Crippen molar-refractivity contribution in [1.82, 2.24) is 20.2 Å². The van der Waals surface area contributed by atoms with Gasteiger partial charge in [0.25, 0.3) is 5.91 Å². The predicted molar refractivity (Wildman–Crippen MR) is 127 cm³/mol. The largest absolute Gasteiger partial charge is 0.490 e. The minimum Gasteiger partial charge on any atom is -0.475 e. The molecule has 0 bridgehead atoms. The van der Waals surface area contributed by atoms with Gasteiger partial charge in [0.2, 0.25) is 5.91 Å². The van der Waals surface area contributed by atoms with Gasteiger partial charge in [-0.1, -0.05) is 24.3 Å². The van der Waals surface area contributed by atoms with Gasteiger partial charge in [0, 0.05) is 61.8 Å². The number of H-pyrrole nitrogens is 1. The Morgan fingerprint density at radius 2 is 1.75 bits per heavy atom. The molecule has 4 rings (SSSR count). The van der Waals surface area contributed by atoms with E-state index >= 15 is 0 Å². The number of amides is 2. The summed E-state index contributed by atoms with van der Waals surface area (Å²) in [5.74, 6) is -2.84. The Bertz CT molecular complexity index is 1300. The number of likely N-dealkylation sites (N-methyl/N-ethyl adjacent to an activating group) is 1. The molecule has 11 heteroatoms. The number of aromatic nitrogens is 2. The lowest BCUT2D eigenvalue weighted by Gasteiger charge is -2.10. The Morgan fingerprint density at radius 1 is 1.08 bits per heavy atom. The molecule has 0 saturated heterocycles. The third-order valence-electron chi connectivity index (χ3n) is 5.18. The van der Waals surface area contributed by atoms with Crippen LogP contribution in [-0.4, -0.2) is 64.6 Å². The number of carbonyl (C=O) groups excluding carboxylic acids is 2. The van der Waals surface area contributed by atoms with E-state index in [1.54, 1.807) is 32.4 Å². The van der Waals surface area contributed by atoms with Gasteiger partial charge in [0.1, 0.15) is 0 Å². The van der Waals surface area contributed by atoms with Crippen LogP contribution in [0.1, 0.15) is 21.6 Å². The van der Waals surface area contributed by atoms with Crippen molar-refractivity contribution in [2.45, 2.75) is 12.6 Å². The van der Waals surface area contributed by atoms with Crippen LogP contribution in [0.3, 0.4) is 0 Å². The number of benzene rings is 1. The fraction of sp³-hybridized carbons (Fsp3) is 0.200. The Kier molecular flexibility index (Phi) is 7.93. The molecule has 0 atom stereocenters. The van der Waals surface area contributed by atoms with E-state index in [0.29, 0.717) is 12.1 Å². The van der Waals surface area contributed by atoms with Crippen LogP contribution < -0.4 is 5.32 Å². The average Bonchev–Trinajstić information content (AvgIpc) is 3.29. The number of carboxylic acid groups (broad SMARTS) is 1. The molecule has 2 amide bonds. The normalized spacial score (nSPS) is 12.9. The number of pyridine rings is 1. The molecule has 1 aliphatic rings. The number of hydrogen-bond acceptors (Lipinski definition) is 4. The van der Waals surface area contributed by atoms with Crippen molar-refractivity contribution in [3.8, 4) is 22.5 Å². The molecule has 3 N–H and O–H groups in total. The molecule has 0 spiro atoms. The standard InChI is InChI=1S/C23H22N4O2.C2HF3O2/c1-27(2)22(28)8-5-15-3-6-16(7-4-15)20-13-17(9-11-24-20)21-14-18-19(26-21)10-12-25-23(18)29;3-2(4,5)1(6)7/h3-9,11,13-14,26H,10,12H2,1-2H3,(H,25,29);(H,6,7). The summed E-state index contributed by atoms with van der Waals surface area (Å²) in [6, 6.07) is 13.7. The maximum atomic E-state index is 12.0. The highest BCUT2D eigenvalue weighted by molar-refractivity contribution is 5.97. The Labute approximate surface area is 204 Å². The van der Waals surface area contributed by atoms with Crippen LogP contribution >= 0.6 is 0 Å². The summed E-state index contributed by atoms with van der Waals surface area (Å²) in [5, 5.41) is 9.99. The number of aliphatic carboxylic acids is 1. The lowest BCUT2D eigenvalue weighted by atomic mass is 10.0. The second-order valence-electron chi connectivity index (χ2n) is 8.00. The van der Waals surface area contributed by atoms with Gasteiger partial charge >= 0.3 is 12.1 Å². The van der Waals surface area contributed by atoms with E-state index in [0.717, 1.165) is 40.2 Å². The lowest BCUT2D eigenvalue weighted by molar-refractivity contribution is -0.192. The van der Waals surface area contributed by atoms with Crippen LogP contribution in [-0.2, 0) is 16.0 Å². The fourth-order valence-electron chi connectivity index (χ4n) is 3.29. The van der Waals surface area contributed by atoms with Gasteiger partial charge in [-0.15, -0.1) is 0 Å². The quantitative estimate of drug-likeness (QED) is 0.472. The smallest absolute Gasteiger partial charge is 0.475 e. The summed E-state index contributed by atoms with van der Waals surface area (Å²) in [7, 11) is 3.45. The second kappa shape index (κ2) is 10.9. The third-order valence-corrected chi connectivity index (χ3v) is 5.18. The van der Waals surface area contributed by atoms with Gasteiger partial charge in [0.15, 0.2) is 0 Å². The minimum absolute atomic E-state index is 0.0283. The van der Waals surface area contributed by atoms with Gasteiger partial charge < -0.3 is 20.3 Å². The number of carbonyl (C=O) groups is 3. The van der Waals surface area contributed by atoms with E-state index in [-0.39, 0.29) is 11.8 Å². The molecule has 8 nitrogen and oxygen atoms in total. The van der Waals surface area contributed by atoms with Crippen molar-refractivity contribution in [2.75, 3.05) is 20.6 Å². The molecule has 188 valence electrons. The molecule has 1 aromatic carbocycles. The Morgan fingerprint density at radius 3 is 2.33 bits per heavy atom. The Hall–Kier alpha value is -4.41. The van der Waals surface area contributed by atoms with E-state index < -0.39 is 12.1 Å². The monoisotopic (exact) mass is 500 g/mol. The number of hydrogen-bond donors (Lipinski definition) is 3. The van der Waals surface area contributed by atoms with E-state index in [9.17, 15) is 22.8 Å². The van der Waals surface area contributed by atoms with E-state index in [2.05, 4.69) is 15.3 Å². The highest BCUT2D eigenvalue weighted by Gasteiger charge is 2.38. The van der Waals surface area contributed by atoms with Gasteiger partial charge in [-0.3, -0.25) is 14.6 Å². The van der Waals surface area contributed by atoms with Crippen molar-refractivity contribution in [3.63, 3.8) is 0 Å². The van der Waals surface area contributed by atoms with Crippen LogP contribution in [0.5, 0.6) is 0 Å². The van der Waals surface area contributed by atoms with Crippen LogP contribution in [0.2, 0.25) is 0 Å². The van der Waals surface area contributed by atoms with Gasteiger partial charge in [-0.2, -0.15) is 13.2 Å². The molecular weight excluding hydrogens is 477 g/mol. The molecule has 0 unspecified atom stereocenters. The summed E-state index contributed by atoms with van der Waals surface area (Å²) >= 11 is 0. The number of alkyl halides is 3. The number of rotatable bonds is 4. The fourth-order valence-corrected chi connectivity index (χ4v) is 3.29. The zero-order valence-electron chi connectivity index (χ0n) is 19.4. The maximum absolute atomic E-state index is 12.0. The molecule has 0 aliphatic carbocycles. The molecule has 3 heterocycles. The molecule has 2 aromatic heterocycles. The molecule has 0 saturated carbocycles. The van der Waals surface area contributed by atoms with Crippen LogP contribution in [0.4, 0.5) is 13.2 Å². The van der Waals surface area contributed by atoms with Crippen molar-refractivity contribution in [3.05, 3.63) is 71.6 Å². The summed E-state index contributed by atoms with van der Waals surface area (Å²) in [5.41, 5.74) is 6.37. The number of fused-ring (bicyclic) bond motifs is 1. The molecule has 36 heavy (non-hydrogen) atoms. The molecule has 3 aromatic rings. The summed E-state index contributed by atoms with van der Waals surface area (Å²) in [6.07, 6.45) is 0.847. The van der Waals surface area contributed by atoms with Crippen molar-refractivity contribution >= 4 is 23.9 Å². The first-order valence-corrected chi connectivity index (χ1v) is 10.7. The Balaban J connectivity index is 0.000000454. The average molecular weight is 500 g/mol. The van der Waals surface area contributed by atoms with Gasteiger partial charge in [0.05, 0.1) is 11.3 Å². The van der Waals surface area contributed by atoms with Gasteiger partial charge in [-0.25, -0.2) is 4.79 Å². The zero-order valence-corrected chi connectivity index (χ0v) is 19.4. The predicted octanol–water partition coefficient (Wildman–Crippen LogP) is 3.76. The SMILES string of the molecule is CN(C)C(=O)C=Cc1ccc(-c2cc(-c3cc4c([nH]3)CCNC4=O)ccn2)cc1.O=C(O)C(F)(F)F. The third kappa shape index (κ3) is 6.59. The number of aromatic amines is 1. The number of nitrogens with one attached hydrogen (secondary N) is 2. The number of carboxylic acids is 1. The van der Waals surface area contributed by atoms with Gasteiger partial charge in [-0.05, 0) is 29.8 Å². The van der Waals surface area contributed by atoms with E-state index in [1.165, 1.54) is 4.90 Å². The molecular formula is C25H23F3N4O4. The minimum atomic E-state index is -5.08. The lowest BCUT2D eigenvalue weighted by Crippen LogP contribution is -2.31. The molecule has 1 aliphatic heterocycles. The molecule has 0 fully saturated rings. The highest BCUT2D eigenvalue weighted by Crippen LogP contribution is 2.27. The van der Waals surface area contributed by atoms with Crippen molar-refractivity contribution in [2.24, 2.45) is 0 Å². The van der Waals surface area contributed by atoms with Crippen LogP contribution in [0.25, 0.3) is 28.6 Å². The number of nitrogens with zero attached hydrogens (tertiary/aromatic N) is 2. The first-order valence-electron chi connectivity index (χ1n) is 10.7. The topological polar surface area (TPSA) is 115 Å². The highest BCUT2D eigenvalue weighted by atomic mass is 19.4. The molecule has 0 radical (unpaired) electrons. The second-order valence-corrected chi connectivity index (χ2v) is 8.00. The first-order chi connectivity index (χ1) is 17.0. The zero-order chi connectivity index (χ0) is 26.5. The van der Waals surface area contributed by atoms with Crippen LogP contribution in [0.15, 0.2) is 54.7 Å². The summed E-state index contributed by atoms with van der Waals surface area (Å²) in [4.78, 5) is 42.0. The summed E-state index contributed by atoms with van der Waals surface area (Å²) < 4.78 is 31.7. The van der Waals surface area contributed by atoms with E-state index in [4.69, 9.17) is 9.90 Å². The maximum Gasteiger partial charge on any atom is 0.490 e. The first kappa shape index (κ1) is 26.2.